The molecule has 1 aliphatic heterocycles. The molecule has 0 atom stereocenters. The number of anilines is 2. The van der Waals surface area contributed by atoms with Gasteiger partial charge in [-0.25, -0.2) is 0 Å². The Bertz CT molecular complexity index is 362. The summed E-state index contributed by atoms with van der Waals surface area (Å²) in [4.78, 5) is 2.42. The highest BCUT2D eigenvalue weighted by molar-refractivity contribution is 9.10. The topological polar surface area (TPSA) is 29.3 Å². The van der Waals surface area contributed by atoms with Gasteiger partial charge in [0.05, 0.1) is 5.69 Å². The molecule has 1 aromatic carbocycles. The van der Waals surface area contributed by atoms with Crippen molar-refractivity contribution in [2.75, 3.05) is 35.2 Å². The first kappa shape index (κ1) is 11.1. The largest absolute Gasteiger partial charge is 0.398 e. The minimum absolute atomic E-state index is 0.858. The van der Waals surface area contributed by atoms with E-state index in [1.165, 1.54) is 17.2 Å². The van der Waals surface area contributed by atoms with Gasteiger partial charge in [0.25, 0.3) is 0 Å². The summed E-state index contributed by atoms with van der Waals surface area (Å²) in [6, 6.07) is 4.18. The molecule has 1 fully saturated rings. The average Bonchev–Trinajstić information content (AvgIpc) is 2.25. The van der Waals surface area contributed by atoms with E-state index in [4.69, 9.17) is 5.73 Å². The second-order valence-corrected chi connectivity index (χ2v) is 5.84. The van der Waals surface area contributed by atoms with E-state index in [1.54, 1.807) is 0 Å². The summed E-state index contributed by atoms with van der Waals surface area (Å²) in [6.45, 7) is 4.32. The lowest BCUT2D eigenvalue weighted by molar-refractivity contribution is 0.856. The molecule has 2 rings (SSSR count). The maximum absolute atomic E-state index is 5.87. The third kappa shape index (κ3) is 2.42. The zero-order chi connectivity index (χ0) is 10.8. The van der Waals surface area contributed by atoms with Crippen LogP contribution in [0, 0.1) is 6.92 Å². The van der Waals surface area contributed by atoms with E-state index < -0.39 is 0 Å². The van der Waals surface area contributed by atoms with Crippen LogP contribution in [0.5, 0.6) is 0 Å². The summed E-state index contributed by atoms with van der Waals surface area (Å²) in [5.74, 6) is 2.44. The summed E-state index contributed by atoms with van der Waals surface area (Å²) in [5.41, 5.74) is 9.16. The summed E-state index contributed by atoms with van der Waals surface area (Å²) in [6.07, 6.45) is 0. The predicted octanol–water partition coefficient (Wildman–Crippen LogP) is 2.89. The van der Waals surface area contributed by atoms with E-state index in [2.05, 4.69) is 33.8 Å². The van der Waals surface area contributed by atoms with Crippen molar-refractivity contribution in [2.45, 2.75) is 6.92 Å². The standard InChI is InChI=1S/C11H15BrN2S/c1-8-6-11(9(12)7-10(8)13)14-2-4-15-5-3-14/h6-7H,2-5,13H2,1H3. The van der Waals surface area contributed by atoms with Gasteiger partial charge in [-0.05, 0) is 40.5 Å². The van der Waals surface area contributed by atoms with Gasteiger partial charge in [0, 0.05) is 34.8 Å². The van der Waals surface area contributed by atoms with Crippen LogP contribution in [-0.2, 0) is 0 Å². The fourth-order valence-corrected chi connectivity index (χ4v) is 3.24. The first-order valence-corrected chi connectivity index (χ1v) is 7.01. The first-order chi connectivity index (χ1) is 7.18. The van der Waals surface area contributed by atoms with E-state index in [1.807, 2.05) is 17.8 Å². The van der Waals surface area contributed by atoms with Crippen molar-refractivity contribution in [1.82, 2.24) is 0 Å². The molecule has 1 saturated heterocycles. The van der Waals surface area contributed by atoms with Gasteiger partial charge in [-0.3, -0.25) is 0 Å². The van der Waals surface area contributed by atoms with E-state index in [0.717, 1.165) is 28.8 Å². The summed E-state index contributed by atoms with van der Waals surface area (Å²) in [7, 11) is 0. The monoisotopic (exact) mass is 286 g/mol. The Morgan fingerprint density at radius 1 is 1.33 bits per heavy atom. The molecule has 2 nitrogen and oxygen atoms in total. The van der Waals surface area contributed by atoms with Crippen molar-refractivity contribution in [3.63, 3.8) is 0 Å². The molecule has 0 aliphatic carbocycles. The van der Waals surface area contributed by atoms with E-state index in [9.17, 15) is 0 Å². The van der Waals surface area contributed by atoms with Crippen LogP contribution in [0.4, 0.5) is 11.4 Å². The van der Waals surface area contributed by atoms with Crippen molar-refractivity contribution in [1.29, 1.82) is 0 Å². The Hall–Kier alpha value is -0.350. The van der Waals surface area contributed by atoms with E-state index in [0.29, 0.717) is 0 Å². The van der Waals surface area contributed by atoms with Crippen LogP contribution in [0.15, 0.2) is 16.6 Å². The molecule has 0 spiro atoms. The molecular weight excluding hydrogens is 272 g/mol. The van der Waals surface area contributed by atoms with Gasteiger partial charge in [0.1, 0.15) is 0 Å². The summed E-state index contributed by atoms with van der Waals surface area (Å²) in [5, 5.41) is 0. The van der Waals surface area contributed by atoms with Crippen LogP contribution >= 0.6 is 27.7 Å². The van der Waals surface area contributed by atoms with Gasteiger partial charge >= 0.3 is 0 Å². The highest BCUT2D eigenvalue weighted by atomic mass is 79.9. The van der Waals surface area contributed by atoms with Crippen LogP contribution in [0.25, 0.3) is 0 Å². The average molecular weight is 287 g/mol. The van der Waals surface area contributed by atoms with Crippen LogP contribution in [-0.4, -0.2) is 24.6 Å². The predicted molar refractivity (Wildman–Crippen MR) is 72.8 cm³/mol. The lowest BCUT2D eigenvalue weighted by atomic mass is 10.1. The Kier molecular flexibility index (Phi) is 3.46. The van der Waals surface area contributed by atoms with Crippen LogP contribution < -0.4 is 10.6 Å². The normalized spacial score (nSPS) is 16.8. The molecular formula is C11H15BrN2S. The molecule has 0 saturated carbocycles. The Morgan fingerprint density at radius 3 is 2.67 bits per heavy atom. The fraction of sp³-hybridized carbons (Fsp3) is 0.455. The second-order valence-electron chi connectivity index (χ2n) is 3.76. The highest BCUT2D eigenvalue weighted by Crippen LogP contribution is 2.32. The van der Waals surface area contributed by atoms with Gasteiger partial charge < -0.3 is 10.6 Å². The maximum Gasteiger partial charge on any atom is 0.0515 e. The second kappa shape index (κ2) is 4.66. The third-order valence-corrected chi connectivity index (χ3v) is 4.26. The maximum atomic E-state index is 5.87. The third-order valence-electron chi connectivity index (χ3n) is 2.69. The molecule has 0 unspecified atom stereocenters. The zero-order valence-corrected chi connectivity index (χ0v) is 11.2. The number of halogens is 1. The van der Waals surface area contributed by atoms with Crippen molar-refractivity contribution in [2.24, 2.45) is 0 Å². The van der Waals surface area contributed by atoms with Crippen molar-refractivity contribution in [3.8, 4) is 0 Å². The first-order valence-electron chi connectivity index (χ1n) is 5.07. The number of nitrogen functional groups attached to an aromatic ring is 1. The molecule has 0 aromatic heterocycles. The number of hydrogen-bond donors (Lipinski definition) is 1. The number of aryl methyl sites for hydroxylation is 1. The fourth-order valence-electron chi connectivity index (χ4n) is 1.73. The van der Waals surface area contributed by atoms with Gasteiger partial charge in [-0.1, -0.05) is 0 Å². The number of rotatable bonds is 1. The lowest BCUT2D eigenvalue weighted by Crippen LogP contribution is -2.32. The van der Waals surface area contributed by atoms with Gasteiger partial charge in [-0.2, -0.15) is 11.8 Å². The number of nitrogens with two attached hydrogens (primary N) is 1. The van der Waals surface area contributed by atoms with Crippen molar-refractivity contribution >= 4 is 39.1 Å². The van der Waals surface area contributed by atoms with Crippen LogP contribution in [0.1, 0.15) is 5.56 Å². The van der Waals surface area contributed by atoms with Gasteiger partial charge in [0.2, 0.25) is 0 Å². The minimum atomic E-state index is 0.858. The lowest BCUT2D eigenvalue weighted by Gasteiger charge is -2.29. The summed E-state index contributed by atoms with van der Waals surface area (Å²) < 4.78 is 1.11. The summed E-state index contributed by atoms with van der Waals surface area (Å²) >= 11 is 5.61. The smallest absolute Gasteiger partial charge is 0.0515 e. The van der Waals surface area contributed by atoms with Crippen LogP contribution in [0.2, 0.25) is 0 Å². The Balaban J connectivity index is 2.30. The minimum Gasteiger partial charge on any atom is -0.398 e. The Morgan fingerprint density at radius 2 is 2.00 bits per heavy atom. The molecule has 2 N–H and O–H groups in total. The zero-order valence-electron chi connectivity index (χ0n) is 8.79. The number of nitrogens with zero attached hydrogens (tertiary/aromatic N) is 1. The molecule has 1 heterocycles. The molecule has 0 bridgehead atoms. The molecule has 4 heteroatoms. The van der Waals surface area contributed by atoms with Gasteiger partial charge in [-0.15, -0.1) is 0 Å². The van der Waals surface area contributed by atoms with E-state index >= 15 is 0 Å². The quantitative estimate of drug-likeness (QED) is 0.805. The highest BCUT2D eigenvalue weighted by Gasteiger charge is 2.14. The van der Waals surface area contributed by atoms with Crippen LogP contribution in [0.3, 0.4) is 0 Å². The molecule has 1 aromatic rings. The van der Waals surface area contributed by atoms with Crippen molar-refractivity contribution in [3.05, 3.63) is 22.2 Å². The van der Waals surface area contributed by atoms with Crippen molar-refractivity contribution < 1.29 is 0 Å². The molecule has 15 heavy (non-hydrogen) atoms. The molecule has 0 amide bonds. The molecule has 1 aliphatic rings. The number of thioether (sulfide) groups is 1. The SMILES string of the molecule is Cc1cc(N2CCSCC2)c(Br)cc1N. The van der Waals surface area contributed by atoms with E-state index in [-0.39, 0.29) is 0 Å². The Labute approximate surface area is 103 Å². The van der Waals surface area contributed by atoms with Gasteiger partial charge in [0.15, 0.2) is 0 Å². The molecule has 82 valence electrons. The molecule has 0 radical (unpaired) electrons. The number of benzene rings is 1. The number of hydrogen-bond acceptors (Lipinski definition) is 3.